The van der Waals surface area contributed by atoms with Gasteiger partial charge in [0.15, 0.2) is 0 Å². The Balaban J connectivity index is 2.28. The molecule has 1 aromatic carbocycles. The molecular weight excluding hydrogens is 230 g/mol. The Labute approximate surface area is 105 Å². The van der Waals surface area contributed by atoms with Crippen LogP contribution in [-0.4, -0.2) is 15.9 Å². The van der Waals surface area contributed by atoms with E-state index in [4.69, 9.17) is 0 Å². The van der Waals surface area contributed by atoms with Crippen LogP contribution in [0, 0.1) is 13.8 Å². The summed E-state index contributed by atoms with van der Waals surface area (Å²) in [5.74, 6) is -0.761. The van der Waals surface area contributed by atoms with Gasteiger partial charge in [-0.15, -0.1) is 0 Å². The Morgan fingerprint density at radius 2 is 1.83 bits per heavy atom. The van der Waals surface area contributed by atoms with E-state index in [1.165, 1.54) is 12.1 Å². The van der Waals surface area contributed by atoms with Crippen molar-refractivity contribution < 1.29 is 9.90 Å². The highest BCUT2D eigenvalue weighted by Crippen LogP contribution is 2.15. The van der Waals surface area contributed by atoms with Crippen molar-refractivity contribution in [2.24, 2.45) is 0 Å². The Bertz CT molecular complexity index is 576. The molecule has 0 saturated carbocycles. The van der Waals surface area contributed by atoms with Crippen LogP contribution in [0.1, 0.15) is 21.7 Å². The summed E-state index contributed by atoms with van der Waals surface area (Å²) in [6.07, 6.45) is 0. The molecule has 0 aliphatic carbocycles. The van der Waals surface area contributed by atoms with Crippen LogP contribution < -0.4 is 10.4 Å². The van der Waals surface area contributed by atoms with Crippen LogP contribution in [0.4, 0.5) is 11.6 Å². The minimum Gasteiger partial charge on any atom is -0.545 e. The van der Waals surface area contributed by atoms with Gasteiger partial charge in [-0.3, -0.25) is 0 Å². The first-order valence-electron chi connectivity index (χ1n) is 5.45. The van der Waals surface area contributed by atoms with Crippen LogP contribution in [0.3, 0.4) is 0 Å². The highest BCUT2D eigenvalue weighted by Gasteiger charge is 2.01. The fraction of sp³-hybridized carbons (Fsp3) is 0.154. The molecule has 2 rings (SSSR count). The first kappa shape index (κ1) is 12.0. The molecule has 92 valence electrons. The number of nitrogens with zero attached hydrogens (tertiary/aromatic N) is 2. The molecule has 0 bridgehead atoms. The average Bonchev–Trinajstić information content (AvgIpc) is 2.27. The van der Waals surface area contributed by atoms with Crippen molar-refractivity contribution in [1.29, 1.82) is 0 Å². The zero-order valence-corrected chi connectivity index (χ0v) is 10.1. The smallest absolute Gasteiger partial charge is 0.227 e. The number of hydrogen-bond acceptors (Lipinski definition) is 5. The van der Waals surface area contributed by atoms with Gasteiger partial charge in [-0.1, -0.05) is 12.1 Å². The van der Waals surface area contributed by atoms with E-state index >= 15 is 0 Å². The largest absolute Gasteiger partial charge is 0.545 e. The van der Waals surface area contributed by atoms with Crippen molar-refractivity contribution in [2.75, 3.05) is 5.32 Å². The van der Waals surface area contributed by atoms with Crippen molar-refractivity contribution in [1.82, 2.24) is 9.97 Å². The number of hydrogen-bond donors (Lipinski definition) is 1. The number of aromatic carboxylic acids is 1. The number of aromatic nitrogens is 2. The first-order valence-corrected chi connectivity index (χ1v) is 5.45. The van der Waals surface area contributed by atoms with Gasteiger partial charge in [0.05, 0.1) is 5.97 Å². The lowest BCUT2D eigenvalue weighted by Crippen LogP contribution is -2.22. The van der Waals surface area contributed by atoms with E-state index in [0.29, 0.717) is 11.6 Å². The normalized spacial score (nSPS) is 10.1. The van der Waals surface area contributed by atoms with Gasteiger partial charge in [0.25, 0.3) is 0 Å². The van der Waals surface area contributed by atoms with Gasteiger partial charge in [-0.2, -0.15) is 0 Å². The highest BCUT2D eigenvalue weighted by atomic mass is 16.4. The number of carbonyl (C=O) groups excluding carboxylic acids is 1. The monoisotopic (exact) mass is 242 g/mol. The summed E-state index contributed by atoms with van der Waals surface area (Å²) in [6, 6.07) is 8.20. The van der Waals surface area contributed by atoms with Crippen LogP contribution >= 0.6 is 0 Å². The fourth-order valence-corrected chi connectivity index (χ4v) is 1.63. The van der Waals surface area contributed by atoms with Gasteiger partial charge in [-0.05, 0) is 37.6 Å². The molecule has 1 aromatic heterocycles. The second kappa shape index (κ2) is 4.83. The minimum absolute atomic E-state index is 0.115. The Morgan fingerprint density at radius 3 is 2.44 bits per heavy atom. The molecule has 5 heteroatoms. The van der Waals surface area contributed by atoms with Gasteiger partial charge in [0, 0.05) is 17.1 Å². The van der Waals surface area contributed by atoms with Crippen LogP contribution in [0.15, 0.2) is 30.3 Å². The van der Waals surface area contributed by atoms with Crippen LogP contribution in [0.2, 0.25) is 0 Å². The molecule has 0 saturated heterocycles. The number of aryl methyl sites for hydroxylation is 2. The lowest BCUT2D eigenvalue weighted by atomic mass is 10.2. The van der Waals surface area contributed by atoms with Gasteiger partial charge in [0.1, 0.15) is 0 Å². The molecule has 18 heavy (non-hydrogen) atoms. The second-order valence-corrected chi connectivity index (χ2v) is 3.97. The van der Waals surface area contributed by atoms with E-state index in [1.807, 2.05) is 19.9 Å². The molecule has 5 nitrogen and oxygen atoms in total. The van der Waals surface area contributed by atoms with Crippen LogP contribution in [0.25, 0.3) is 0 Å². The molecule has 0 amide bonds. The zero-order valence-electron chi connectivity index (χ0n) is 10.1. The number of anilines is 2. The maximum absolute atomic E-state index is 10.7. The van der Waals surface area contributed by atoms with Gasteiger partial charge in [0.2, 0.25) is 5.95 Å². The predicted octanol–water partition coefficient (Wildman–Crippen LogP) is 1.20. The number of rotatable bonds is 3. The molecule has 1 N–H and O–H groups in total. The molecule has 0 aliphatic heterocycles. The van der Waals surface area contributed by atoms with E-state index in [0.717, 1.165) is 11.4 Å². The zero-order chi connectivity index (χ0) is 13.1. The van der Waals surface area contributed by atoms with E-state index in [9.17, 15) is 9.90 Å². The summed E-state index contributed by atoms with van der Waals surface area (Å²) in [5.41, 5.74) is 2.42. The summed E-state index contributed by atoms with van der Waals surface area (Å²) < 4.78 is 0. The Hall–Kier alpha value is -2.43. The number of carboxylic acids is 1. The van der Waals surface area contributed by atoms with Gasteiger partial charge < -0.3 is 15.2 Å². The van der Waals surface area contributed by atoms with Gasteiger partial charge in [-0.25, -0.2) is 9.97 Å². The molecule has 0 unspecified atom stereocenters. The maximum atomic E-state index is 10.7. The third kappa shape index (κ3) is 2.82. The van der Waals surface area contributed by atoms with E-state index < -0.39 is 5.97 Å². The molecule has 0 aliphatic rings. The van der Waals surface area contributed by atoms with Gasteiger partial charge >= 0.3 is 0 Å². The van der Waals surface area contributed by atoms with Crippen molar-refractivity contribution in [3.05, 3.63) is 47.3 Å². The third-order valence-corrected chi connectivity index (χ3v) is 2.34. The third-order valence-electron chi connectivity index (χ3n) is 2.34. The van der Waals surface area contributed by atoms with E-state index in [2.05, 4.69) is 15.3 Å². The summed E-state index contributed by atoms with van der Waals surface area (Å²) in [4.78, 5) is 19.2. The topological polar surface area (TPSA) is 77.9 Å². The predicted molar refractivity (Wildman–Crippen MR) is 65.6 cm³/mol. The first-order chi connectivity index (χ1) is 8.54. The Morgan fingerprint density at radius 1 is 1.17 bits per heavy atom. The highest BCUT2D eigenvalue weighted by molar-refractivity contribution is 5.87. The lowest BCUT2D eigenvalue weighted by molar-refractivity contribution is -0.255. The average molecular weight is 242 g/mol. The van der Waals surface area contributed by atoms with E-state index in [1.54, 1.807) is 12.1 Å². The molecule has 0 atom stereocenters. The molecule has 0 fully saturated rings. The molecule has 0 spiro atoms. The molecule has 1 heterocycles. The number of carbonyl (C=O) groups is 1. The molecular formula is C13H12N3O2-. The van der Waals surface area contributed by atoms with Crippen molar-refractivity contribution in [2.45, 2.75) is 13.8 Å². The number of nitrogens with one attached hydrogen (secondary N) is 1. The van der Waals surface area contributed by atoms with Crippen LogP contribution in [-0.2, 0) is 0 Å². The lowest BCUT2D eigenvalue weighted by Gasteiger charge is -2.08. The summed E-state index contributed by atoms with van der Waals surface area (Å²) in [5, 5.41) is 13.7. The summed E-state index contributed by atoms with van der Waals surface area (Å²) >= 11 is 0. The Kier molecular flexibility index (Phi) is 3.23. The molecule has 0 radical (unpaired) electrons. The SMILES string of the molecule is Cc1cc(C)nc(Nc2cccc(C(=O)[O-])c2)n1. The number of carboxylic acid groups (broad SMARTS) is 1. The standard InChI is InChI=1S/C13H13N3O2/c1-8-6-9(2)15-13(14-8)16-11-5-3-4-10(7-11)12(17)18/h3-7H,1-2H3,(H,17,18)(H,14,15,16)/p-1. The minimum atomic E-state index is -1.21. The quantitative estimate of drug-likeness (QED) is 0.875. The fourth-order valence-electron chi connectivity index (χ4n) is 1.63. The second-order valence-electron chi connectivity index (χ2n) is 3.97. The maximum Gasteiger partial charge on any atom is 0.227 e. The summed E-state index contributed by atoms with van der Waals surface area (Å²) in [6.45, 7) is 3.74. The van der Waals surface area contributed by atoms with E-state index in [-0.39, 0.29) is 5.56 Å². The molecule has 2 aromatic rings. The van der Waals surface area contributed by atoms with Crippen molar-refractivity contribution >= 4 is 17.6 Å². The van der Waals surface area contributed by atoms with Crippen molar-refractivity contribution in [3.8, 4) is 0 Å². The van der Waals surface area contributed by atoms with Crippen LogP contribution in [0.5, 0.6) is 0 Å². The number of benzene rings is 1. The van der Waals surface area contributed by atoms with Crippen molar-refractivity contribution in [3.63, 3.8) is 0 Å². The summed E-state index contributed by atoms with van der Waals surface area (Å²) in [7, 11) is 0.